The first-order chi connectivity index (χ1) is 10.5. The van der Waals surface area contributed by atoms with Crippen LogP contribution < -0.4 is 16.0 Å². The number of nitrogens with zero attached hydrogens (tertiary/aromatic N) is 2. The highest BCUT2D eigenvalue weighted by molar-refractivity contribution is 5.93. The van der Waals surface area contributed by atoms with Crippen molar-refractivity contribution in [2.45, 2.75) is 25.8 Å². The molecule has 0 saturated carbocycles. The predicted octanol–water partition coefficient (Wildman–Crippen LogP) is 1.42. The van der Waals surface area contributed by atoms with E-state index in [1.807, 2.05) is 26.1 Å². The number of carbonyl (C=O) groups excluding carboxylic acids is 2. The molecule has 120 valence electrons. The van der Waals surface area contributed by atoms with Crippen LogP contribution in [0.1, 0.15) is 30.1 Å². The zero-order valence-electron chi connectivity index (χ0n) is 13.2. The number of primary amides is 1. The van der Waals surface area contributed by atoms with Crippen LogP contribution in [-0.2, 0) is 0 Å². The molecule has 3 amide bonds. The van der Waals surface area contributed by atoms with Gasteiger partial charge in [-0.1, -0.05) is 0 Å². The highest BCUT2D eigenvalue weighted by atomic mass is 16.2. The number of nitrogens with two attached hydrogens (primary N) is 1. The van der Waals surface area contributed by atoms with Crippen molar-refractivity contribution >= 4 is 17.6 Å². The van der Waals surface area contributed by atoms with Crippen LogP contribution in [-0.4, -0.2) is 49.6 Å². The molecule has 1 aliphatic rings. The van der Waals surface area contributed by atoms with Crippen molar-refractivity contribution < 1.29 is 9.59 Å². The average molecular weight is 304 g/mol. The van der Waals surface area contributed by atoms with E-state index in [1.165, 1.54) is 0 Å². The van der Waals surface area contributed by atoms with Crippen molar-refractivity contribution in [3.8, 4) is 0 Å². The minimum atomic E-state index is -0.409. The van der Waals surface area contributed by atoms with E-state index in [4.69, 9.17) is 5.73 Å². The quantitative estimate of drug-likeness (QED) is 0.883. The predicted molar refractivity (Wildman–Crippen MR) is 87.0 cm³/mol. The molecule has 3 N–H and O–H groups in total. The van der Waals surface area contributed by atoms with Gasteiger partial charge >= 0.3 is 6.03 Å². The van der Waals surface area contributed by atoms with Gasteiger partial charge in [0.1, 0.15) is 0 Å². The van der Waals surface area contributed by atoms with Gasteiger partial charge in [-0.3, -0.25) is 4.79 Å². The van der Waals surface area contributed by atoms with Crippen LogP contribution in [0.15, 0.2) is 24.3 Å². The highest BCUT2D eigenvalue weighted by Crippen LogP contribution is 2.22. The smallest absolute Gasteiger partial charge is 0.317 e. The lowest BCUT2D eigenvalue weighted by Crippen LogP contribution is -2.48. The Morgan fingerprint density at radius 3 is 2.36 bits per heavy atom. The first-order valence-corrected chi connectivity index (χ1v) is 7.68. The number of amides is 3. The molecule has 1 aliphatic heterocycles. The van der Waals surface area contributed by atoms with Gasteiger partial charge in [0.05, 0.1) is 0 Å². The van der Waals surface area contributed by atoms with Crippen molar-refractivity contribution in [3.63, 3.8) is 0 Å². The lowest BCUT2D eigenvalue weighted by Gasteiger charge is -2.37. The van der Waals surface area contributed by atoms with Crippen LogP contribution in [0.25, 0.3) is 0 Å². The van der Waals surface area contributed by atoms with Gasteiger partial charge in [-0.15, -0.1) is 0 Å². The molecule has 22 heavy (non-hydrogen) atoms. The number of urea groups is 1. The van der Waals surface area contributed by atoms with Gasteiger partial charge in [-0.25, -0.2) is 4.79 Å². The highest BCUT2D eigenvalue weighted by Gasteiger charge is 2.25. The van der Waals surface area contributed by atoms with E-state index in [2.05, 4.69) is 10.2 Å². The Bertz CT molecular complexity index is 521. The Labute approximate surface area is 131 Å². The minimum Gasteiger partial charge on any atom is -0.371 e. The zero-order chi connectivity index (χ0) is 16.1. The second-order valence-corrected chi connectivity index (χ2v) is 5.58. The van der Waals surface area contributed by atoms with Crippen LogP contribution in [0.4, 0.5) is 10.5 Å². The summed E-state index contributed by atoms with van der Waals surface area (Å²) in [6.07, 6.45) is 1.87. The van der Waals surface area contributed by atoms with E-state index >= 15 is 0 Å². The molecule has 0 radical (unpaired) electrons. The molecule has 6 nitrogen and oxygen atoms in total. The van der Waals surface area contributed by atoms with Crippen LogP contribution in [0.3, 0.4) is 0 Å². The fourth-order valence-electron chi connectivity index (χ4n) is 2.79. The number of hydrogen-bond acceptors (Lipinski definition) is 3. The monoisotopic (exact) mass is 304 g/mol. The number of nitrogens with one attached hydrogen (secondary N) is 1. The SMILES string of the molecule is CCNC(=O)N(C)C1CCN(c2ccc(C(N)=O)cc2)CC1. The van der Waals surface area contributed by atoms with Crippen molar-refractivity contribution in [2.75, 3.05) is 31.6 Å². The molecule has 0 bridgehead atoms. The Kier molecular flexibility index (Phi) is 5.25. The molecule has 1 heterocycles. The molecule has 1 aromatic rings. The molecule has 0 unspecified atom stereocenters. The summed E-state index contributed by atoms with van der Waals surface area (Å²) in [6.45, 7) is 4.35. The van der Waals surface area contributed by atoms with Gasteiger partial charge in [-0.2, -0.15) is 0 Å². The summed E-state index contributed by atoms with van der Waals surface area (Å²) in [5.41, 5.74) is 6.86. The summed E-state index contributed by atoms with van der Waals surface area (Å²) < 4.78 is 0. The molecule has 0 aromatic heterocycles. The third-order valence-electron chi connectivity index (χ3n) is 4.18. The molecular formula is C16H24N4O2. The summed E-state index contributed by atoms with van der Waals surface area (Å²) in [5.74, 6) is -0.409. The van der Waals surface area contributed by atoms with Crippen molar-refractivity contribution in [2.24, 2.45) is 5.73 Å². The standard InChI is InChI=1S/C16H24N4O2/c1-3-18-16(22)19(2)13-8-10-20(11-9-13)14-6-4-12(5-7-14)15(17)21/h4-7,13H,3,8-11H2,1-2H3,(H2,17,21)(H,18,22). The Balaban J connectivity index is 1.91. The van der Waals surface area contributed by atoms with E-state index in [-0.39, 0.29) is 12.1 Å². The Hall–Kier alpha value is -2.24. The number of anilines is 1. The van der Waals surface area contributed by atoms with Gasteiger partial charge in [0.2, 0.25) is 5.91 Å². The summed E-state index contributed by atoms with van der Waals surface area (Å²) in [7, 11) is 1.85. The zero-order valence-corrected chi connectivity index (χ0v) is 13.2. The Morgan fingerprint density at radius 2 is 1.86 bits per heavy atom. The van der Waals surface area contributed by atoms with Gasteiger partial charge in [0, 0.05) is 44.0 Å². The minimum absolute atomic E-state index is 0.00763. The van der Waals surface area contributed by atoms with E-state index in [0.29, 0.717) is 12.1 Å². The van der Waals surface area contributed by atoms with Crippen LogP contribution in [0.5, 0.6) is 0 Å². The summed E-state index contributed by atoms with van der Waals surface area (Å²) in [5, 5.41) is 2.83. The first-order valence-electron chi connectivity index (χ1n) is 7.68. The maximum Gasteiger partial charge on any atom is 0.317 e. The molecule has 1 aromatic carbocycles. The molecular weight excluding hydrogens is 280 g/mol. The topological polar surface area (TPSA) is 78.7 Å². The molecule has 1 saturated heterocycles. The number of piperidine rings is 1. The van der Waals surface area contributed by atoms with E-state index in [9.17, 15) is 9.59 Å². The van der Waals surface area contributed by atoms with Gasteiger partial charge < -0.3 is 20.9 Å². The number of benzene rings is 1. The van der Waals surface area contributed by atoms with E-state index < -0.39 is 5.91 Å². The fraction of sp³-hybridized carbons (Fsp3) is 0.500. The van der Waals surface area contributed by atoms with E-state index in [1.54, 1.807) is 17.0 Å². The number of carbonyl (C=O) groups is 2. The third kappa shape index (κ3) is 3.69. The maximum atomic E-state index is 11.9. The Morgan fingerprint density at radius 1 is 1.27 bits per heavy atom. The molecule has 0 atom stereocenters. The molecule has 0 spiro atoms. The van der Waals surface area contributed by atoms with Crippen molar-refractivity contribution in [1.29, 1.82) is 0 Å². The van der Waals surface area contributed by atoms with Crippen molar-refractivity contribution in [3.05, 3.63) is 29.8 Å². The summed E-state index contributed by atoms with van der Waals surface area (Å²) in [4.78, 5) is 27.0. The average Bonchev–Trinajstić information content (AvgIpc) is 2.54. The van der Waals surface area contributed by atoms with E-state index in [0.717, 1.165) is 31.6 Å². The number of hydrogen-bond donors (Lipinski definition) is 2. The molecule has 0 aliphatic carbocycles. The summed E-state index contributed by atoms with van der Waals surface area (Å²) >= 11 is 0. The molecule has 6 heteroatoms. The number of rotatable bonds is 4. The van der Waals surface area contributed by atoms with Gasteiger partial charge in [0.15, 0.2) is 0 Å². The first kappa shape index (κ1) is 16.1. The second-order valence-electron chi connectivity index (χ2n) is 5.58. The molecule has 1 fully saturated rings. The maximum absolute atomic E-state index is 11.9. The fourth-order valence-corrected chi connectivity index (χ4v) is 2.79. The summed E-state index contributed by atoms with van der Waals surface area (Å²) in [6, 6.07) is 7.62. The second kappa shape index (κ2) is 7.15. The lowest BCUT2D eigenvalue weighted by molar-refractivity contribution is 0.100. The largest absolute Gasteiger partial charge is 0.371 e. The normalized spacial score (nSPS) is 15.5. The van der Waals surface area contributed by atoms with Crippen LogP contribution >= 0.6 is 0 Å². The van der Waals surface area contributed by atoms with Gasteiger partial charge in [-0.05, 0) is 44.0 Å². The lowest BCUT2D eigenvalue weighted by atomic mass is 10.0. The van der Waals surface area contributed by atoms with Gasteiger partial charge in [0.25, 0.3) is 0 Å². The molecule has 2 rings (SSSR count). The van der Waals surface area contributed by atoms with Crippen LogP contribution in [0.2, 0.25) is 0 Å². The third-order valence-corrected chi connectivity index (χ3v) is 4.18. The van der Waals surface area contributed by atoms with Crippen molar-refractivity contribution in [1.82, 2.24) is 10.2 Å². The van der Waals surface area contributed by atoms with Crippen LogP contribution in [0, 0.1) is 0 Å².